The van der Waals surface area contributed by atoms with Crippen molar-refractivity contribution in [2.75, 3.05) is 18.2 Å². The zero-order chi connectivity index (χ0) is 19.2. The highest BCUT2D eigenvalue weighted by Crippen LogP contribution is 2.32. The number of nitrogens with one attached hydrogen (secondary N) is 1. The number of carbonyl (C=O) groups excluding carboxylic acids is 1. The minimum atomic E-state index is -3.29. The van der Waals surface area contributed by atoms with Gasteiger partial charge in [-0.1, -0.05) is 22.9 Å². The van der Waals surface area contributed by atoms with Gasteiger partial charge in [0.1, 0.15) is 12.4 Å². The van der Waals surface area contributed by atoms with Crippen LogP contribution in [-0.4, -0.2) is 32.2 Å². The molecule has 0 saturated carbocycles. The zero-order valence-corrected chi connectivity index (χ0v) is 16.6. The molecule has 1 N–H and O–H groups in total. The van der Waals surface area contributed by atoms with Crippen LogP contribution < -0.4 is 10.1 Å². The minimum absolute atomic E-state index is 0.192. The number of benzene rings is 2. The molecule has 0 spiro atoms. The molecular weight excluding hydrogens is 408 g/mol. The van der Waals surface area contributed by atoms with Crippen molar-refractivity contribution in [1.29, 1.82) is 0 Å². The van der Waals surface area contributed by atoms with E-state index in [2.05, 4.69) is 10.3 Å². The lowest BCUT2D eigenvalue weighted by Gasteiger charge is -2.24. The van der Waals surface area contributed by atoms with Crippen LogP contribution in [0.15, 0.2) is 41.3 Å². The van der Waals surface area contributed by atoms with Crippen LogP contribution in [0.25, 0.3) is 10.2 Å². The van der Waals surface area contributed by atoms with Crippen molar-refractivity contribution in [2.24, 2.45) is 5.92 Å². The van der Waals surface area contributed by atoms with Gasteiger partial charge in [-0.25, -0.2) is 13.4 Å². The Bertz CT molecular complexity index is 1160. The Hall–Kier alpha value is -2.16. The van der Waals surface area contributed by atoms with Crippen LogP contribution in [0, 0.1) is 5.92 Å². The molecule has 140 valence electrons. The van der Waals surface area contributed by atoms with Crippen molar-refractivity contribution in [3.8, 4) is 5.75 Å². The van der Waals surface area contributed by atoms with Gasteiger partial charge in [0, 0.05) is 11.3 Å². The first-order chi connectivity index (χ1) is 12.8. The molecule has 1 amide bonds. The van der Waals surface area contributed by atoms with E-state index in [1.54, 1.807) is 30.3 Å². The summed E-state index contributed by atoms with van der Waals surface area (Å²) >= 11 is 7.25. The van der Waals surface area contributed by atoms with Gasteiger partial charge in [-0.3, -0.25) is 4.79 Å². The van der Waals surface area contributed by atoms with Gasteiger partial charge in [-0.2, -0.15) is 0 Å². The van der Waals surface area contributed by atoms with Gasteiger partial charge in [0.25, 0.3) is 0 Å². The molecular formula is C18H15ClN2O4S2. The smallest absolute Gasteiger partial charge is 0.233 e. The molecule has 2 aromatic carbocycles. The van der Waals surface area contributed by atoms with E-state index in [4.69, 9.17) is 16.3 Å². The summed E-state index contributed by atoms with van der Waals surface area (Å²) in [6, 6.07) is 10.1. The molecule has 9 heteroatoms. The number of halogens is 1. The SMILES string of the molecule is CS(=O)(=O)c1ccc2nc(NC(=O)[C@@H]3COc4ccc(Cl)cc4C3)sc2c1. The van der Waals surface area contributed by atoms with Crippen molar-refractivity contribution in [1.82, 2.24) is 4.98 Å². The number of amides is 1. The topological polar surface area (TPSA) is 85.4 Å². The molecule has 0 saturated heterocycles. The van der Waals surface area contributed by atoms with Crippen molar-refractivity contribution >= 4 is 54.0 Å². The molecule has 0 aliphatic carbocycles. The molecule has 4 rings (SSSR count). The van der Waals surface area contributed by atoms with Crippen LogP contribution in [0.5, 0.6) is 5.75 Å². The second-order valence-corrected chi connectivity index (χ2v) is 9.86. The Morgan fingerprint density at radius 3 is 2.89 bits per heavy atom. The van der Waals surface area contributed by atoms with E-state index in [1.165, 1.54) is 17.4 Å². The summed E-state index contributed by atoms with van der Waals surface area (Å²) in [5.41, 5.74) is 1.54. The average Bonchev–Trinajstić information content (AvgIpc) is 3.01. The maximum Gasteiger partial charge on any atom is 0.233 e. The first-order valence-corrected chi connectivity index (χ1v) is 11.2. The lowest BCUT2D eigenvalue weighted by Crippen LogP contribution is -2.32. The van der Waals surface area contributed by atoms with E-state index >= 15 is 0 Å². The normalized spacial score (nSPS) is 16.6. The van der Waals surface area contributed by atoms with E-state index in [-0.39, 0.29) is 23.3 Å². The molecule has 3 aromatic rings. The van der Waals surface area contributed by atoms with Gasteiger partial charge >= 0.3 is 0 Å². The van der Waals surface area contributed by atoms with Gasteiger partial charge in [0.15, 0.2) is 15.0 Å². The van der Waals surface area contributed by atoms with E-state index in [1.807, 2.05) is 0 Å². The van der Waals surface area contributed by atoms with Crippen molar-refractivity contribution < 1.29 is 17.9 Å². The predicted molar refractivity (Wildman–Crippen MR) is 106 cm³/mol. The van der Waals surface area contributed by atoms with Crippen molar-refractivity contribution in [3.05, 3.63) is 47.0 Å². The lowest BCUT2D eigenvalue weighted by atomic mass is 9.96. The number of carbonyl (C=O) groups is 1. The van der Waals surface area contributed by atoms with Crippen LogP contribution >= 0.6 is 22.9 Å². The third kappa shape index (κ3) is 3.78. The molecule has 1 aliphatic rings. The molecule has 1 aliphatic heterocycles. The van der Waals surface area contributed by atoms with Gasteiger partial charge in [0.05, 0.1) is 21.0 Å². The number of fused-ring (bicyclic) bond motifs is 2. The standard InChI is InChI=1S/C18H15ClN2O4S2/c1-27(23,24)13-3-4-14-16(8-13)26-18(20-14)21-17(22)11-6-10-7-12(19)2-5-15(10)25-9-11/h2-5,7-8,11H,6,9H2,1H3,(H,20,21,22)/t11-/m0/s1. The Morgan fingerprint density at radius 2 is 2.11 bits per heavy atom. The summed E-state index contributed by atoms with van der Waals surface area (Å²) in [5.74, 6) is 0.203. The molecule has 1 atom stereocenters. The number of anilines is 1. The Balaban J connectivity index is 1.53. The number of nitrogens with zero attached hydrogens (tertiary/aromatic N) is 1. The van der Waals surface area contributed by atoms with Crippen LogP contribution in [0.3, 0.4) is 0 Å². The van der Waals surface area contributed by atoms with Crippen molar-refractivity contribution in [2.45, 2.75) is 11.3 Å². The molecule has 0 radical (unpaired) electrons. The first-order valence-electron chi connectivity index (χ1n) is 8.12. The number of hydrogen-bond acceptors (Lipinski definition) is 6. The number of aromatic nitrogens is 1. The largest absolute Gasteiger partial charge is 0.492 e. The van der Waals surface area contributed by atoms with E-state index in [0.29, 0.717) is 26.8 Å². The second kappa shape index (κ2) is 6.78. The summed E-state index contributed by atoms with van der Waals surface area (Å²) in [7, 11) is -3.29. The molecule has 6 nitrogen and oxygen atoms in total. The molecule has 0 fully saturated rings. The molecule has 0 unspecified atom stereocenters. The number of sulfone groups is 1. The summed E-state index contributed by atoms with van der Waals surface area (Å²) in [5, 5.41) is 3.84. The summed E-state index contributed by atoms with van der Waals surface area (Å²) in [6.45, 7) is 0.281. The Labute approximate surface area is 165 Å². The number of thiazole rings is 1. The Kier molecular flexibility index (Phi) is 4.57. The third-order valence-electron chi connectivity index (χ3n) is 4.32. The van der Waals surface area contributed by atoms with Crippen LogP contribution in [0.1, 0.15) is 5.56 Å². The summed E-state index contributed by atoms with van der Waals surface area (Å²) in [4.78, 5) is 17.2. The van der Waals surface area contributed by atoms with Gasteiger partial charge in [-0.05, 0) is 48.4 Å². The minimum Gasteiger partial charge on any atom is -0.492 e. The van der Waals surface area contributed by atoms with E-state index in [9.17, 15) is 13.2 Å². The van der Waals surface area contributed by atoms with E-state index < -0.39 is 9.84 Å². The maximum absolute atomic E-state index is 12.6. The summed E-state index contributed by atoms with van der Waals surface area (Å²) < 4.78 is 29.7. The number of rotatable bonds is 3. The van der Waals surface area contributed by atoms with Gasteiger partial charge in [-0.15, -0.1) is 0 Å². The molecule has 2 heterocycles. The summed E-state index contributed by atoms with van der Waals surface area (Å²) in [6.07, 6.45) is 1.69. The molecule has 0 bridgehead atoms. The average molecular weight is 423 g/mol. The highest BCUT2D eigenvalue weighted by molar-refractivity contribution is 7.90. The number of ether oxygens (including phenoxy) is 1. The molecule has 1 aromatic heterocycles. The van der Waals surface area contributed by atoms with Crippen LogP contribution in [0.2, 0.25) is 5.02 Å². The fraction of sp³-hybridized carbons (Fsp3) is 0.222. The monoisotopic (exact) mass is 422 g/mol. The highest BCUT2D eigenvalue weighted by atomic mass is 35.5. The van der Waals surface area contributed by atoms with Gasteiger partial charge < -0.3 is 10.1 Å². The quantitative estimate of drug-likeness (QED) is 0.697. The maximum atomic E-state index is 12.6. The highest BCUT2D eigenvalue weighted by Gasteiger charge is 2.27. The third-order valence-corrected chi connectivity index (χ3v) is 6.60. The predicted octanol–water partition coefficient (Wildman–Crippen LogP) is 3.54. The number of hydrogen-bond donors (Lipinski definition) is 1. The Morgan fingerprint density at radius 1 is 1.30 bits per heavy atom. The lowest BCUT2D eigenvalue weighted by molar-refractivity contribution is -0.121. The van der Waals surface area contributed by atoms with Crippen LogP contribution in [-0.2, 0) is 21.1 Å². The van der Waals surface area contributed by atoms with Crippen molar-refractivity contribution in [3.63, 3.8) is 0 Å². The molecule has 27 heavy (non-hydrogen) atoms. The second-order valence-electron chi connectivity index (χ2n) is 6.37. The zero-order valence-electron chi connectivity index (χ0n) is 14.2. The van der Waals surface area contributed by atoms with Crippen LogP contribution in [0.4, 0.5) is 5.13 Å². The fourth-order valence-corrected chi connectivity index (χ4v) is 4.75. The first kappa shape index (κ1) is 18.2. The fourth-order valence-electron chi connectivity index (χ4n) is 2.93. The van der Waals surface area contributed by atoms with Gasteiger partial charge in [0.2, 0.25) is 5.91 Å². The van der Waals surface area contributed by atoms with E-state index in [0.717, 1.165) is 17.6 Å².